The smallest absolute Gasteiger partial charge is 0.0900 e. The van der Waals surface area contributed by atoms with E-state index in [2.05, 4.69) is 48.4 Å². The average Bonchev–Trinajstić information content (AvgIpc) is 2.61. The van der Waals surface area contributed by atoms with Gasteiger partial charge in [0.1, 0.15) is 0 Å². The van der Waals surface area contributed by atoms with E-state index in [1.165, 1.54) is 10.4 Å². The Morgan fingerprint density at radius 2 is 1.88 bits per heavy atom. The Morgan fingerprint density at radius 1 is 1.19 bits per heavy atom. The highest BCUT2D eigenvalue weighted by Gasteiger charge is 2.17. The van der Waals surface area contributed by atoms with Crippen LogP contribution in [-0.4, -0.2) is 12.0 Å². The molecule has 2 rings (SSSR count). The zero-order chi connectivity index (χ0) is 11.5. The Kier molecular flexibility index (Phi) is 3.36. The summed E-state index contributed by atoms with van der Waals surface area (Å²) in [6.07, 6.45) is 0. The Balaban J connectivity index is 2.40. The van der Waals surface area contributed by atoms with Crippen LogP contribution in [0.25, 0.3) is 0 Å². The molecule has 16 heavy (non-hydrogen) atoms. The lowest BCUT2D eigenvalue weighted by Gasteiger charge is -2.15. The first-order chi connectivity index (χ1) is 7.72. The highest BCUT2D eigenvalue weighted by molar-refractivity contribution is 7.11. The Bertz CT molecular complexity index is 462. The highest BCUT2D eigenvalue weighted by atomic mass is 32.1. The lowest BCUT2D eigenvalue weighted by Crippen LogP contribution is -2.17. The molecule has 3 heteroatoms. The Hall–Kier alpha value is -1.19. The van der Waals surface area contributed by atoms with Gasteiger partial charge in [-0.2, -0.15) is 0 Å². The summed E-state index contributed by atoms with van der Waals surface area (Å²) in [4.78, 5) is 5.80. The third-order valence-corrected chi connectivity index (χ3v) is 3.76. The number of benzene rings is 1. The van der Waals surface area contributed by atoms with Crippen molar-refractivity contribution in [3.63, 3.8) is 0 Å². The first kappa shape index (κ1) is 11.3. The molecular formula is C13H16N2S. The van der Waals surface area contributed by atoms with Crippen LogP contribution in [-0.2, 0) is 0 Å². The summed E-state index contributed by atoms with van der Waals surface area (Å²) in [6.45, 7) is 4.13. The second kappa shape index (κ2) is 4.76. The van der Waals surface area contributed by atoms with E-state index in [9.17, 15) is 0 Å². The summed E-state index contributed by atoms with van der Waals surface area (Å²) < 4.78 is 0. The third kappa shape index (κ3) is 2.15. The van der Waals surface area contributed by atoms with Crippen LogP contribution >= 0.6 is 11.3 Å². The maximum Gasteiger partial charge on any atom is 0.0900 e. The van der Waals surface area contributed by atoms with E-state index in [1.807, 2.05) is 13.1 Å². The van der Waals surface area contributed by atoms with Crippen molar-refractivity contribution in [2.75, 3.05) is 7.05 Å². The highest BCUT2D eigenvalue weighted by Crippen LogP contribution is 2.29. The van der Waals surface area contributed by atoms with E-state index in [-0.39, 0.29) is 6.04 Å². The molecule has 0 radical (unpaired) electrons. The monoisotopic (exact) mass is 232 g/mol. The molecule has 0 aliphatic heterocycles. The van der Waals surface area contributed by atoms with Crippen LogP contribution in [0.2, 0.25) is 0 Å². The van der Waals surface area contributed by atoms with Crippen LogP contribution in [0.4, 0.5) is 0 Å². The summed E-state index contributed by atoms with van der Waals surface area (Å²) in [5.41, 5.74) is 2.42. The van der Waals surface area contributed by atoms with Crippen molar-refractivity contribution in [1.82, 2.24) is 10.3 Å². The molecule has 0 saturated carbocycles. The first-order valence-electron chi connectivity index (χ1n) is 5.38. The van der Waals surface area contributed by atoms with Crippen LogP contribution in [0, 0.1) is 13.8 Å². The van der Waals surface area contributed by atoms with Gasteiger partial charge in [-0.25, -0.2) is 4.98 Å². The number of nitrogens with one attached hydrogen (secondary N) is 1. The van der Waals surface area contributed by atoms with Crippen LogP contribution in [0.5, 0.6) is 0 Å². The van der Waals surface area contributed by atoms with Gasteiger partial charge in [0.05, 0.1) is 16.7 Å². The van der Waals surface area contributed by atoms with Gasteiger partial charge in [0.2, 0.25) is 0 Å². The summed E-state index contributed by atoms with van der Waals surface area (Å²) >= 11 is 1.77. The number of thiazole rings is 1. The van der Waals surface area contributed by atoms with Crippen LogP contribution in [0.1, 0.15) is 27.2 Å². The number of nitrogens with zero attached hydrogens (tertiary/aromatic N) is 1. The van der Waals surface area contributed by atoms with Gasteiger partial charge in [0.15, 0.2) is 0 Å². The molecule has 0 fully saturated rings. The van der Waals surface area contributed by atoms with E-state index in [1.54, 1.807) is 11.3 Å². The van der Waals surface area contributed by atoms with E-state index in [0.717, 1.165) is 10.7 Å². The molecule has 0 amide bonds. The van der Waals surface area contributed by atoms with E-state index >= 15 is 0 Å². The summed E-state index contributed by atoms with van der Waals surface area (Å²) in [7, 11) is 1.99. The Morgan fingerprint density at radius 3 is 2.38 bits per heavy atom. The van der Waals surface area contributed by atoms with Gasteiger partial charge in [-0.15, -0.1) is 11.3 Å². The van der Waals surface area contributed by atoms with Crippen molar-refractivity contribution in [2.24, 2.45) is 0 Å². The lowest BCUT2D eigenvalue weighted by molar-refractivity contribution is 0.698. The number of aromatic nitrogens is 1. The van der Waals surface area contributed by atoms with Crippen molar-refractivity contribution in [2.45, 2.75) is 19.9 Å². The van der Waals surface area contributed by atoms with Crippen molar-refractivity contribution < 1.29 is 0 Å². The van der Waals surface area contributed by atoms with Gasteiger partial charge in [0.25, 0.3) is 0 Å². The topological polar surface area (TPSA) is 24.9 Å². The predicted molar refractivity (Wildman–Crippen MR) is 68.9 cm³/mol. The van der Waals surface area contributed by atoms with Crippen LogP contribution < -0.4 is 5.32 Å². The van der Waals surface area contributed by atoms with Gasteiger partial charge >= 0.3 is 0 Å². The van der Waals surface area contributed by atoms with Gasteiger partial charge < -0.3 is 5.32 Å². The molecule has 2 nitrogen and oxygen atoms in total. The zero-order valence-electron chi connectivity index (χ0n) is 9.82. The van der Waals surface area contributed by atoms with Gasteiger partial charge in [-0.3, -0.25) is 0 Å². The minimum absolute atomic E-state index is 0.257. The van der Waals surface area contributed by atoms with E-state index in [0.29, 0.717) is 0 Å². The number of rotatable bonds is 3. The molecule has 1 atom stereocenters. The number of hydrogen-bond acceptors (Lipinski definition) is 3. The van der Waals surface area contributed by atoms with Gasteiger partial charge in [-0.05, 0) is 26.5 Å². The van der Waals surface area contributed by atoms with Crippen molar-refractivity contribution in [1.29, 1.82) is 0 Å². The van der Waals surface area contributed by atoms with Crippen LogP contribution in [0.15, 0.2) is 30.3 Å². The molecule has 2 aromatic rings. The molecule has 1 aromatic carbocycles. The second-order valence-electron chi connectivity index (χ2n) is 3.81. The maximum atomic E-state index is 4.48. The molecule has 1 aromatic heterocycles. The molecule has 0 bridgehead atoms. The molecule has 0 spiro atoms. The van der Waals surface area contributed by atoms with Crippen molar-refractivity contribution in [3.8, 4) is 0 Å². The normalized spacial score (nSPS) is 12.7. The van der Waals surface area contributed by atoms with E-state index in [4.69, 9.17) is 0 Å². The maximum absolute atomic E-state index is 4.48. The summed E-state index contributed by atoms with van der Waals surface area (Å²) in [5, 5.41) is 4.49. The average molecular weight is 232 g/mol. The summed E-state index contributed by atoms with van der Waals surface area (Å²) in [5.74, 6) is 0. The van der Waals surface area contributed by atoms with Crippen molar-refractivity contribution in [3.05, 3.63) is 51.5 Å². The standard InChI is InChI=1S/C13H16N2S/c1-9-13(16-10(2)15-9)12(14-3)11-7-5-4-6-8-11/h4-8,12,14H,1-3H3. The van der Waals surface area contributed by atoms with E-state index < -0.39 is 0 Å². The van der Waals surface area contributed by atoms with Gasteiger partial charge in [-0.1, -0.05) is 30.3 Å². The zero-order valence-corrected chi connectivity index (χ0v) is 10.6. The Labute approximate surface area is 100 Å². The summed E-state index contributed by atoms with van der Waals surface area (Å²) in [6, 6.07) is 10.7. The molecule has 84 valence electrons. The minimum atomic E-state index is 0.257. The number of aryl methyl sites for hydroxylation is 2. The molecule has 0 saturated heterocycles. The third-order valence-electron chi connectivity index (χ3n) is 2.62. The molecule has 0 aliphatic rings. The fraction of sp³-hybridized carbons (Fsp3) is 0.308. The minimum Gasteiger partial charge on any atom is -0.309 e. The lowest BCUT2D eigenvalue weighted by atomic mass is 10.0. The fourth-order valence-electron chi connectivity index (χ4n) is 1.91. The molecular weight excluding hydrogens is 216 g/mol. The van der Waals surface area contributed by atoms with Crippen molar-refractivity contribution >= 4 is 11.3 Å². The molecule has 0 aliphatic carbocycles. The number of hydrogen-bond donors (Lipinski definition) is 1. The van der Waals surface area contributed by atoms with Crippen LogP contribution in [0.3, 0.4) is 0 Å². The first-order valence-corrected chi connectivity index (χ1v) is 6.20. The SMILES string of the molecule is CNC(c1ccccc1)c1sc(C)nc1C. The fourth-order valence-corrected chi connectivity index (χ4v) is 2.98. The molecule has 1 heterocycles. The predicted octanol–water partition coefficient (Wildman–Crippen LogP) is 3.07. The largest absolute Gasteiger partial charge is 0.309 e. The quantitative estimate of drug-likeness (QED) is 0.879. The molecule has 1 unspecified atom stereocenters. The second-order valence-corrected chi connectivity index (χ2v) is 5.05. The molecule has 1 N–H and O–H groups in total. The van der Waals surface area contributed by atoms with Gasteiger partial charge in [0, 0.05) is 4.88 Å².